The van der Waals surface area contributed by atoms with Gasteiger partial charge in [0.2, 0.25) is 0 Å². The summed E-state index contributed by atoms with van der Waals surface area (Å²) in [4.78, 5) is 6.56. The summed E-state index contributed by atoms with van der Waals surface area (Å²) in [5.41, 5.74) is 1.44. The summed E-state index contributed by atoms with van der Waals surface area (Å²) in [7, 11) is 0. The van der Waals surface area contributed by atoms with E-state index in [1.807, 2.05) is 11.3 Å². The lowest BCUT2D eigenvalue weighted by Gasteiger charge is -2.22. The number of aryl methyl sites for hydroxylation is 1. The van der Waals surface area contributed by atoms with Gasteiger partial charge in [0, 0.05) is 29.8 Å². The Hall–Kier alpha value is -0.410. The van der Waals surface area contributed by atoms with Gasteiger partial charge in [-0.15, -0.1) is 11.3 Å². The van der Waals surface area contributed by atoms with Crippen molar-refractivity contribution in [3.05, 3.63) is 15.6 Å². The Balaban J connectivity index is 1.70. The number of hydrogen-bond donors (Lipinski definition) is 1. The van der Waals surface area contributed by atoms with Crippen LogP contribution in [0.15, 0.2) is 0 Å². The smallest absolute Gasteiger partial charge is 0.0934 e. The van der Waals surface area contributed by atoms with Crippen LogP contribution in [0.3, 0.4) is 0 Å². The largest absolute Gasteiger partial charge is 0.314 e. The summed E-state index contributed by atoms with van der Waals surface area (Å²) in [5.74, 6) is 1.63. The number of nitrogens with zero attached hydrogens (tertiary/aromatic N) is 1. The third-order valence-electron chi connectivity index (χ3n) is 4.05. The van der Waals surface area contributed by atoms with Crippen LogP contribution in [0.25, 0.3) is 0 Å². The second kappa shape index (κ2) is 5.30. The zero-order valence-corrected chi connectivity index (χ0v) is 12.4. The van der Waals surface area contributed by atoms with Gasteiger partial charge in [-0.3, -0.25) is 0 Å². The maximum Gasteiger partial charge on any atom is 0.0934 e. The van der Waals surface area contributed by atoms with Crippen LogP contribution in [-0.2, 0) is 12.8 Å². The molecule has 0 saturated heterocycles. The second-order valence-electron chi connectivity index (χ2n) is 6.22. The van der Waals surface area contributed by atoms with Crippen molar-refractivity contribution in [1.29, 1.82) is 0 Å². The standard InChI is InChI=1S/C15H24N2S/c1-10(2)16-9-12-4-3-5-13-15(12)17-14(18-13)8-11-6-7-11/h10-12,16H,3-9H2,1-2H3. The predicted molar refractivity (Wildman–Crippen MR) is 77.4 cm³/mol. The van der Waals surface area contributed by atoms with Gasteiger partial charge in [-0.2, -0.15) is 0 Å². The third kappa shape index (κ3) is 2.94. The van der Waals surface area contributed by atoms with Gasteiger partial charge in [-0.1, -0.05) is 13.8 Å². The molecule has 1 heterocycles. The molecular weight excluding hydrogens is 240 g/mol. The minimum Gasteiger partial charge on any atom is -0.314 e. The van der Waals surface area contributed by atoms with Gasteiger partial charge in [0.25, 0.3) is 0 Å². The highest BCUT2D eigenvalue weighted by molar-refractivity contribution is 7.11. The second-order valence-corrected chi connectivity index (χ2v) is 7.38. The molecule has 1 fully saturated rings. The van der Waals surface area contributed by atoms with Crippen molar-refractivity contribution in [1.82, 2.24) is 10.3 Å². The first-order valence-corrected chi connectivity index (χ1v) is 8.26. The van der Waals surface area contributed by atoms with Crippen molar-refractivity contribution < 1.29 is 0 Å². The van der Waals surface area contributed by atoms with E-state index in [1.54, 1.807) is 4.88 Å². The van der Waals surface area contributed by atoms with E-state index in [2.05, 4.69) is 19.2 Å². The molecule has 100 valence electrons. The van der Waals surface area contributed by atoms with Crippen LogP contribution in [0.5, 0.6) is 0 Å². The monoisotopic (exact) mass is 264 g/mol. The van der Waals surface area contributed by atoms with E-state index in [1.165, 1.54) is 49.2 Å². The Morgan fingerprint density at radius 1 is 1.33 bits per heavy atom. The van der Waals surface area contributed by atoms with E-state index in [9.17, 15) is 0 Å². The van der Waals surface area contributed by atoms with E-state index >= 15 is 0 Å². The van der Waals surface area contributed by atoms with E-state index < -0.39 is 0 Å². The summed E-state index contributed by atoms with van der Waals surface area (Å²) in [6.07, 6.45) is 8.06. The zero-order chi connectivity index (χ0) is 12.5. The molecule has 0 aromatic carbocycles. The van der Waals surface area contributed by atoms with Crippen molar-refractivity contribution in [2.75, 3.05) is 6.54 Å². The molecule has 3 heteroatoms. The molecule has 0 aliphatic heterocycles. The molecule has 2 aliphatic rings. The Labute approximate surface area is 114 Å². The van der Waals surface area contributed by atoms with Gasteiger partial charge in [0.15, 0.2) is 0 Å². The molecule has 1 aromatic heterocycles. The molecule has 1 unspecified atom stereocenters. The van der Waals surface area contributed by atoms with Crippen LogP contribution in [0, 0.1) is 5.92 Å². The average Bonchev–Trinajstić information content (AvgIpc) is 3.04. The molecule has 0 spiro atoms. The van der Waals surface area contributed by atoms with Gasteiger partial charge >= 0.3 is 0 Å². The molecule has 18 heavy (non-hydrogen) atoms. The first kappa shape index (κ1) is 12.6. The summed E-state index contributed by atoms with van der Waals surface area (Å²) in [5, 5.41) is 5.00. The number of hydrogen-bond acceptors (Lipinski definition) is 3. The number of fused-ring (bicyclic) bond motifs is 1. The highest BCUT2D eigenvalue weighted by Gasteiger charge is 2.27. The van der Waals surface area contributed by atoms with Crippen LogP contribution in [-0.4, -0.2) is 17.6 Å². The highest BCUT2D eigenvalue weighted by Crippen LogP contribution is 2.38. The molecule has 1 aromatic rings. The SMILES string of the molecule is CC(C)NCC1CCCc2sc(CC3CC3)nc21. The average molecular weight is 264 g/mol. The molecule has 0 amide bonds. The van der Waals surface area contributed by atoms with Crippen molar-refractivity contribution in [2.45, 2.75) is 64.3 Å². The fourth-order valence-corrected chi connectivity index (χ4v) is 4.10. The van der Waals surface area contributed by atoms with Crippen LogP contribution in [0.4, 0.5) is 0 Å². The Morgan fingerprint density at radius 2 is 2.17 bits per heavy atom. The third-order valence-corrected chi connectivity index (χ3v) is 5.20. The van der Waals surface area contributed by atoms with E-state index in [0.717, 1.165) is 12.5 Å². The first-order valence-electron chi connectivity index (χ1n) is 7.44. The van der Waals surface area contributed by atoms with Gasteiger partial charge < -0.3 is 5.32 Å². The summed E-state index contributed by atoms with van der Waals surface area (Å²) in [6.45, 7) is 5.56. The number of thiazole rings is 1. The van der Waals surface area contributed by atoms with Gasteiger partial charge in [0.1, 0.15) is 0 Å². The number of rotatable bonds is 5. The van der Waals surface area contributed by atoms with Crippen molar-refractivity contribution in [3.63, 3.8) is 0 Å². The first-order chi connectivity index (χ1) is 8.72. The van der Waals surface area contributed by atoms with Crippen molar-refractivity contribution in [2.24, 2.45) is 5.92 Å². The molecule has 2 nitrogen and oxygen atoms in total. The predicted octanol–water partition coefficient (Wildman–Crippen LogP) is 3.51. The minimum atomic E-state index is 0.583. The highest BCUT2D eigenvalue weighted by atomic mass is 32.1. The van der Waals surface area contributed by atoms with Crippen molar-refractivity contribution in [3.8, 4) is 0 Å². The summed E-state index contributed by atoms with van der Waals surface area (Å²) >= 11 is 2.00. The summed E-state index contributed by atoms with van der Waals surface area (Å²) < 4.78 is 0. The van der Waals surface area contributed by atoms with Crippen LogP contribution >= 0.6 is 11.3 Å². The van der Waals surface area contributed by atoms with Gasteiger partial charge in [-0.25, -0.2) is 4.98 Å². The van der Waals surface area contributed by atoms with E-state index in [4.69, 9.17) is 4.98 Å². The lowest BCUT2D eigenvalue weighted by Crippen LogP contribution is -2.29. The Morgan fingerprint density at radius 3 is 2.89 bits per heavy atom. The van der Waals surface area contributed by atoms with Gasteiger partial charge in [-0.05, 0) is 38.0 Å². The summed E-state index contributed by atoms with van der Waals surface area (Å²) in [6, 6.07) is 0.583. The zero-order valence-electron chi connectivity index (χ0n) is 11.5. The lowest BCUT2D eigenvalue weighted by atomic mass is 9.91. The van der Waals surface area contributed by atoms with E-state index in [-0.39, 0.29) is 0 Å². The molecule has 1 atom stereocenters. The molecule has 1 saturated carbocycles. The van der Waals surface area contributed by atoms with Gasteiger partial charge in [0.05, 0.1) is 10.7 Å². The quantitative estimate of drug-likeness (QED) is 0.880. The van der Waals surface area contributed by atoms with Crippen LogP contribution in [0.1, 0.15) is 61.0 Å². The maximum absolute atomic E-state index is 4.97. The van der Waals surface area contributed by atoms with E-state index in [0.29, 0.717) is 12.0 Å². The fourth-order valence-electron chi connectivity index (χ4n) is 2.79. The lowest BCUT2D eigenvalue weighted by molar-refractivity contribution is 0.474. The number of nitrogens with one attached hydrogen (secondary N) is 1. The van der Waals surface area contributed by atoms with Crippen LogP contribution in [0.2, 0.25) is 0 Å². The molecule has 2 aliphatic carbocycles. The fraction of sp³-hybridized carbons (Fsp3) is 0.800. The molecule has 0 bridgehead atoms. The maximum atomic E-state index is 4.97. The Bertz CT molecular complexity index is 407. The molecular formula is C15H24N2S. The molecule has 1 N–H and O–H groups in total. The normalized spacial score (nSPS) is 23.4. The molecule has 3 rings (SSSR count). The topological polar surface area (TPSA) is 24.9 Å². The minimum absolute atomic E-state index is 0.583. The van der Waals surface area contributed by atoms with Crippen molar-refractivity contribution >= 4 is 11.3 Å². The Kier molecular flexibility index (Phi) is 3.71. The number of aromatic nitrogens is 1. The molecule has 0 radical (unpaired) electrons. The van der Waals surface area contributed by atoms with Crippen LogP contribution < -0.4 is 5.32 Å².